The average Bonchev–Trinajstić information content (AvgIpc) is 2.59. The van der Waals surface area contributed by atoms with Crippen LogP contribution in [0, 0.1) is 16.7 Å². The number of Topliss-reactive ketones (excluding diaryl/α,β-unsaturated/α-hetero) is 1. The normalized spacial score (nSPS) is 42.9. The predicted octanol–water partition coefficient (Wildman–Crippen LogP) is 2.72. The van der Waals surface area contributed by atoms with Gasteiger partial charge in [-0.1, -0.05) is 27.7 Å². The molecule has 92 valence electrons. The summed E-state index contributed by atoms with van der Waals surface area (Å²) in [7, 11) is 0. The molecule has 2 aliphatic rings. The van der Waals surface area contributed by atoms with Gasteiger partial charge < -0.3 is 0 Å². The molecule has 0 spiro atoms. The fourth-order valence-electron chi connectivity index (χ4n) is 3.56. The lowest BCUT2D eigenvalue weighted by molar-refractivity contribution is -0.129. The maximum Gasteiger partial charge on any atom is 0.153 e. The zero-order chi connectivity index (χ0) is 12.3. The van der Waals surface area contributed by atoms with Gasteiger partial charge in [-0.05, 0) is 31.1 Å². The second-order valence-electron chi connectivity index (χ2n) is 6.88. The van der Waals surface area contributed by atoms with E-state index in [4.69, 9.17) is 0 Å². The summed E-state index contributed by atoms with van der Waals surface area (Å²) in [5, 5.41) is 0. The number of piperidine rings is 1. The summed E-state index contributed by atoms with van der Waals surface area (Å²) < 4.78 is 0. The first-order valence-electron chi connectivity index (χ1n) is 6.52. The van der Waals surface area contributed by atoms with Gasteiger partial charge in [0, 0.05) is 18.5 Å². The van der Waals surface area contributed by atoms with Crippen molar-refractivity contribution in [3.63, 3.8) is 0 Å². The molecule has 2 heteroatoms. The van der Waals surface area contributed by atoms with E-state index in [0.717, 1.165) is 6.54 Å². The van der Waals surface area contributed by atoms with Crippen molar-refractivity contribution in [1.82, 2.24) is 4.90 Å². The van der Waals surface area contributed by atoms with Crippen LogP contribution in [0.5, 0.6) is 0 Å². The number of likely N-dealkylation sites (tertiary alicyclic amines) is 1. The van der Waals surface area contributed by atoms with Gasteiger partial charge in [0.25, 0.3) is 0 Å². The first-order valence-corrected chi connectivity index (χ1v) is 6.52. The topological polar surface area (TPSA) is 20.3 Å². The molecule has 0 aromatic carbocycles. The highest BCUT2D eigenvalue weighted by molar-refractivity contribution is 5.88. The van der Waals surface area contributed by atoms with Crippen molar-refractivity contribution >= 4 is 5.78 Å². The number of ketones is 1. The molecule has 0 aromatic rings. The van der Waals surface area contributed by atoms with Crippen LogP contribution in [-0.2, 0) is 4.79 Å². The molecule has 0 radical (unpaired) electrons. The molecule has 3 atom stereocenters. The third-order valence-electron chi connectivity index (χ3n) is 4.98. The van der Waals surface area contributed by atoms with Crippen molar-refractivity contribution in [2.45, 2.75) is 60.0 Å². The Kier molecular flexibility index (Phi) is 2.51. The first-order chi connectivity index (χ1) is 7.23. The molecule has 0 N–H and O–H groups in total. The minimum absolute atomic E-state index is 0.158. The molecule has 2 fully saturated rings. The van der Waals surface area contributed by atoms with Crippen LogP contribution in [0.2, 0.25) is 0 Å². The lowest BCUT2D eigenvalue weighted by Gasteiger charge is -2.33. The molecule has 1 aliphatic carbocycles. The van der Waals surface area contributed by atoms with Gasteiger partial charge in [0.2, 0.25) is 0 Å². The van der Waals surface area contributed by atoms with Crippen LogP contribution in [0.1, 0.15) is 48.0 Å². The van der Waals surface area contributed by atoms with Crippen molar-refractivity contribution in [2.24, 2.45) is 16.7 Å². The lowest BCUT2D eigenvalue weighted by Crippen LogP contribution is -2.47. The van der Waals surface area contributed by atoms with Gasteiger partial charge in [0.1, 0.15) is 0 Å². The van der Waals surface area contributed by atoms with E-state index >= 15 is 0 Å². The van der Waals surface area contributed by atoms with E-state index < -0.39 is 0 Å². The van der Waals surface area contributed by atoms with E-state index in [2.05, 4.69) is 32.6 Å². The largest absolute Gasteiger partial charge is 0.298 e. The smallest absolute Gasteiger partial charge is 0.153 e. The van der Waals surface area contributed by atoms with E-state index in [-0.39, 0.29) is 17.4 Å². The number of rotatable bonds is 3. The zero-order valence-electron chi connectivity index (χ0n) is 11.5. The molecular weight excluding hydrogens is 198 g/mol. The van der Waals surface area contributed by atoms with Crippen molar-refractivity contribution in [3.05, 3.63) is 0 Å². The van der Waals surface area contributed by atoms with Gasteiger partial charge in [-0.3, -0.25) is 9.69 Å². The number of hydrogen-bond donors (Lipinski definition) is 0. The fraction of sp³-hybridized carbons (Fsp3) is 0.929. The van der Waals surface area contributed by atoms with Gasteiger partial charge in [0.05, 0.1) is 6.04 Å². The summed E-state index contributed by atoms with van der Waals surface area (Å²) in [6.07, 6.45) is 1.23. The molecule has 16 heavy (non-hydrogen) atoms. The monoisotopic (exact) mass is 223 g/mol. The van der Waals surface area contributed by atoms with Crippen molar-refractivity contribution in [1.29, 1.82) is 0 Å². The zero-order valence-corrected chi connectivity index (χ0v) is 11.5. The van der Waals surface area contributed by atoms with E-state index in [1.165, 1.54) is 6.42 Å². The number of carbonyl (C=O) groups is 1. The van der Waals surface area contributed by atoms with Crippen LogP contribution in [0.25, 0.3) is 0 Å². The van der Waals surface area contributed by atoms with Crippen LogP contribution < -0.4 is 0 Å². The van der Waals surface area contributed by atoms with E-state index in [0.29, 0.717) is 17.2 Å². The highest BCUT2D eigenvalue weighted by atomic mass is 16.1. The number of fused-ring (bicyclic) bond motifs is 1. The summed E-state index contributed by atoms with van der Waals surface area (Å²) in [5.41, 5.74) is 0.644. The maximum atomic E-state index is 12.4. The molecule has 0 amide bonds. The summed E-state index contributed by atoms with van der Waals surface area (Å²) in [4.78, 5) is 14.8. The minimum atomic E-state index is 0.158. The quantitative estimate of drug-likeness (QED) is 0.733. The Balaban J connectivity index is 2.29. The van der Waals surface area contributed by atoms with E-state index in [1.807, 2.05) is 13.8 Å². The summed E-state index contributed by atoms with van der Waals surface area (Å²) >= 11 is 0. The number of nitrogens with zero attached hydrogens (tertiary/aromatic N) is 1. The van der Waals surface area contributed by atoms with Crippen LogP contribution in [0.15, 0.2) is 0 Å². The third kappa shape index (κ3) is 1.38. The fourth-order valence-corrected chi connectivity index (χ4v) is 3.56. The molecule has 1 aliphatic heterocycles. The highest BCUT2D eigenvalue weighted by Crippen LogP contribution is 2.71. The standard InChI is InChI=1S/C14H25NO/c1-9(2)11(16)12-14(6)7-13(14,5)8-15(12)10(3)4/h9-10,12H,7-8H2,1-6H3. The van der Waals surface area contributed by atoms with E-state index in [1.54, 1.807) is 0 Å². The molecular formula is C14H25NO. The lowest BCUT2D eigenvalue weighted by atomic mass is 9.86. The molecule has 1 saturated carbocycles. The Morgan fingerprint density at radius 3 is 2.25 bits per heavy atom. The predicted molar refractivity (Wildman–Crippen MR) is 66.3 cm³/mol. The summed E-state index contributed by atoms with van der Waals surface area (Å²) in [5.74, 6) is 0.600. The minimum Gasteiger partial charge on any atom is -0.298 e. The number of hydrogen-bond acceptors (Lipinski definition) is 2. The van der Waals surface area contributed by atoms with Crippen molar-refractivity contribution in [3.8, 4) is 0 Å². The SMILES string of the molecule is CC(C)C(=O)C1N(C(C)C)CC2(C)CC12C. The second-order valence-corrected chi connectivity index (χ2v) is 6.88. The van der Waals surface area contributed by atoms with Gasteiger partial charge in [-0.2, -0.15) is 0 Å². The Labute approximate surface area is 99.4 Å². The first kappa shape index (κ1) is 12.1. The number of carbonyl (C=O) groups excluding carboxylic acids is 1. The van der Waals surface area contributed by atoms with Gasteiger partial charge in [-0.25, -0.2) is 0 Å². The molecule has 2 rings (SSSR count). The Morgan fingerprint density at radius 2 is 1.81 bits per heavy atom. The molecule has 0 aromatic heterocycles. The van der Waals surface area contributed by atoms with Crippen molar-refractivity contribution < 1.29 is 4.79 Å². The van der Waals surface area contributed by atoms with E-state index in [9.17, 15) is 4.79 Å². The molecule has 0 bridgehead atoms. The van der Waals surface area contributed by atoms with Gasteiger partial charge in [-0.15, -0.1) is 0 Å². The van der Waals surface area contributed by atoms with Crippen LogP contribution in [0.4, 0.5) is 0 Å². The Morgan fingerprint density at radius 1 is 1.25 bits per heavy atom. The molecule has 2 nitrogen and oxygen atoms in total. The second kappa shape index (κ2) is 3.32. The molecule has 1 heterocycles. The van der Waals surface area contributed by atoms with Gasteiger partial charge in [0.15, 0.2) is 5.78 Å². The average molecular weight is 223 g/mol. The third-order valence-corrected chi connectivity index (χ3v) is 4.98. The maximum absolute atomic E-state index is 12.4. The Bertz CT molecular complexity index is 323. The van der Waals surface area contributed by atoms with Gasteiger partial charge >= 0.3 is 0 Å². The summed E-state index contributed by atoms with van der Waals surface area (Å²) in [6, 6.07) is 0.645. The van der Waals surface area contributed by atoms with Crippen LogP contribution >= 0.6 is 0 Å². The van der Waals surface area contributed by atoms with Crippen LogP contribution in [0.3, 0.4) is 0 Å². The summed E-state index contributed by atoms with van der Waals surface area (Å²) in [6.45, 7) is 14.2. The molecule has 3 unspecified atom stereocenters. The van der Waals surface area contributed by atoms with Crippen LogP contribution in [-0.4, -0.2) is 29.3 Å². The Hall–Kier alpha value is -0.370. The van der Waals surface area contributed by atoms with Crippen molar-refractivity contribution in [2.75, 3.05) is 6.54 Å². The highest BCUT2D eigenvalue weighted by Gasteiger charge is 2.72. The molecule has 1 saturated heterocycles.